The van der Waals surface area contributed by atoms with Crippen LogP contribution in [0.25, 0.3) is 0 Å². The van der Waals surface area contributed by atoms with Crippen LogP contribution in [0.15, 0.2) is 42.5 Å². The summed E-state index contributed by atoms with van der Waals surface area (Å²) < 4.78 is 34.3. The van der Waals surface area contributed by atoms with Crippen LogP contribution in [0.3, 0.4) is 0 Å². The van der Waals surface area contributed by atoms with Gasteiger partial charge in [0.2, 0.25) is 0 Å². The molecule has 1 amide bonds. The molecule has 0 radical (unpaired) electrons. The third-order valence-electron chi connectivity index (χ3n) is 3.99. The van der Waals surface area contributed by atoms with Gasteiger partial charge in [-0.25, -0.2) is 0 Å². The molecular weight excluding hydrogens is 370 g/mol. The lowest BCUT2D eigenvalue weighted by atomic mass is 10.1. The summed E-state index contributed by atoms with van der Waals surface area (Å²) in [5.74, 6) is -0.0496. The summed E-state index contributed by atoms with van der Waals surface area (Å²) in [6, 6.07) is 11.4. The van der Waals surface area contributed by atoms with E-state index in [0.717, 1.165) is 10.5 Å². The van der Waals surface area contributed by atoms with Gasteiger partial charge in [0.05, 0.1) is 14.2 Å². The lowest BCUT2D eigenvalue weighted by Gasteiger charge is -2.16. The van der Waals surface area contributed by atoms with Crippen LogP contribution in [0, 0.1) is 0 Å². The molecule has 1 unspecified atom stereocenters. The zero-order chi connectivity index (χ0) is 20.7. The summed E-state index contributed by atoms with van der Waals surface area (Å²) in [6.45, 7) is -0.762. The number of amides is 1. The Kier molecular flexibility index (Phi) is 7.45. The first kappa shape index (κ1) is 21.3. The molecule has 0 saturated heterocycles. The van der Waals surface area contributed by atoms with E-state index in [1.54, 1.807) is 36.4 Å². The molecule has 0 heterocycles. The zero-order valence-electron chi connectivity index (χ0n) is 15.9. The van der Waals surface area contributed by atoms with Crippen molar-refractivity contribution in [3.8, 4) is 11.5 Å². The fraction of sp³-hybridized carbons (Fsp3) is 0.300. The van der Waals surface area contributed by atoms with E-state index in [2.05, 4.69) is 10.1 Å². The monoisotopic (exact) mass is 393 g/mol. The molecule has 6 nitrogen and oxygen atoms in total. The molecule has 28 heavy (non-hydrogen) atoms. The SMILES string of the molecule is COc1cc(C[NH+](C)CC(=O)Nc2ccc(C(C)=O)cc2)ccc1OC(F)F. The Bertz CT molecular complexity index is 825. The summed E-state index contributed by atoms with van der Waals surface area (Å²) in [6.07, 6.45) is 0. The standard InChI is InChI=1S/C20H22F2N2O4/c1-13(25)15-5-7-16(8-6-15)23-19(26)12-24(2)11-14-4-9-17(28-20(21)22)18(10-14)27-3/h4-10,20H,11-12H2,1-3H3,(H,23,26)/p+1. The highest BCUT2D eigenvalue weighted by Crippen LogP contribution is 2.29. The highest BCUT2D eigenvalue weighted by atomic mass is 19.3. The number of alkyl halides is 2. The Balaban J connectivity index is 1.92. The van der Waals surface area contributed by atoms with Crippen LogP contribution < -0.4 is 19.7 Å². The smallest absolute Gasteiger partial charge is 0.387 e. The molecule has 0 aliphatic carbocycles. The molecule has 2 aromatic rings. The van der Waals surface area contributed by atoms with Crippen LogP contribution in [0.5, 0.6) is 11.5 Å². The number of likely N-dealkylation sites (N-methyl/N-ethyl adjacent to an activating group) is 1. The molecule has 1 atom stereocenters. The summed E-state index contributed by atoms with van der Waals surface area (Å²) in [5.41, 5.74) is 2.00. The minimum absolute atomic E-state index is 0.0364. The number of ketones is 1. The zero-order valence-corrected chi connectivity index (χ0v) is 15.9. The van der Waals surface area contributed by atoms with E-state index in [1.807, 2.05) is 7.05 Å². The van der Waals surface area contributed by atoms with E-state index in [0.29, 0.717) is 17.8 Å². The summed E-state index contributed by atoms with van der Waals surface area (Å²) >= 11 is 0. The van der Waals surface area contributed by atoms with Gasteiger partial charge in [0, 0.05) is 16.8 Å². The van der Waals surface area contributed by atoms with Gasteiger partial charge in [-0.05, 0) is 49.4 Å². The van der Waals surface area contributed by atoms with Crippen LogP contribution in [-0.4, -0.2) is 39.0 Å². The van der Waals surface area contributed by atoms with Gasteiger partial charge >= 0.3 is 6.61 Å². The third kappa shape index (κ3) is 6.31. The van der Waals surface area contributed by atoms with E-state index in [-0.39, 0.29) is 29.7 Å². The van der Waals surface area contributed by atoms with Crippen LogP contribution in [-0.2, 0) is 11.3 Å². The largest absolute Gasteiger partial charge is 0.493 e. The van der Waals surface area contributed by atoms with Crippen LogP contribution in [0.1, 0.15) is 22.8 Å². The molecule has 2 aromatic carbocycles. The van der Waals surface area contributed by atoms with E-state index >= 15 is 0 Å². The second-order valence-electron chi connectivity index (χ2n) is 6.36. The number of hydrogen-bond acceptors (Lipinski definition) is 4. The average molecular weight is 393 g/mol. The summed E-state index contributed by atoms with van der Waals surface area (Å²) in [7, 11) is 3.22. The summed E-state index contributed by atoms with van der Waals surface area (Å²) in [5, 5.41) is 2.78. The average Bonchev–Trinajstić information content (AvgIpc) is 2.62. The molecule has 150 valence electrons. The van der Waals surface area contributed by atoms with E-state index in [4.69, 9.17) is 4.74 Å². The number of carbonyl (C=O) groups is 2. The molecular formula is C20H23F2N2O4+. The molecule has 0 saturated carbocycles. The highest BCUT2D eigenvalue weighted by molar-refractivity contribution is 5.95. The van der Waals surface area contributed by atoms with Crippen molar-refractivity contribution in [1.82, 2.24) is 0 Å². The number of quaternary nitrogens is 1. The van der Waals surface area contributed by atoms with Gasteiger partial charge < -0.3 is 19.7 Å². The van der Waals surface area contributed by atoms with Crippen molar-refractivity contribution in [2.45, 2.75) is 20.1 Å². The van der Waals surface area contributed by atoms with Crippen LogP contribution in [0.4, 0.5) is 14.5 Å². The number of halogens is 2. The normalized spacial score (nSPS) is 11.8. The first-order valence-corrected chi connectivity index (χ1v) is 8.62. The first-order valence-electron chi connectivity index (χ1n) is 8.62. The van der Waals surface area contributed by atoms with Gasteiger partial charge in [-0.2, -0.15) is 8.78 Å². The number of rotatable bonds is 9. The van der Waals surface area contributed by atoms with E-state index in [9.17, 15) is 18.4 Å². The van der Waals surface area contributed by atoms with Crippen molar-refractivity contribution in [3.05, 3.63) is 53.6 Å². The fourth-order valence-corrected chi connectivity index (χ4v) is 2.69. The van der Waals surface area contributed by atoms with Crippen molar-refractivity contribution in [3.63, 3.8) is 0 Å². The molecule has 2 rings (SSSR count). The number of Topliss-reactive ketones (excluding diaryl/α,β-unsaturated/α-hetero) is 1. The quantitative estimate of drug-likeness (QED) is 0.641. The van der Waals surface area contributed by atoms with Crippen LogP contribution >= 0.6 is 0 Å². The minimum atomic E-state index is -2.93. The van der Waals surface area contributed by atoms with Gasteiger partial charge in [-0.1, -0.05) is 0 Å². The Morgan fingerprint density at radius 3 is 2.36 bits per heavy atom. The second kappa shape index (κ2) is 9.80. The predicted octanol–water partition coefficient (Wildman–Crippen LogP) is 2.15. The molecule has 0 aliphatic rings. The minimum Gasteiger partial charge on any atom is -0.493 e. The lowest BCUT2D eigenvalue weighted by Crippen LogP contribution is -3.08. The molecule has 2 N–H and O–H groups in total. The molecule has 0 spiro atoms. The number of anilines is 1. The Morgan fingerprint density at radius 2 is 1.79 bits per heavy atom. The van der Waals surface area contributed by atoms with Gasteiger partial charge in [0.25, 0.3) is 5.91 Å². The van der Waals surface area contributed by atoms with Crippen molar-refractivity contribution >= 4 is 17.4 Å². The number of benzene rings is 2. The van der Waals surface area contributed by atoms with Crippen molar-refractivity contribution in [1.29, 1.82) is 0 Å². The Hall–Kier alpha value is -3.00. The van der Waals surface area contributed by atoms with Gasteiger partial charge in [-0.15, -0.1) is 0 Å². The molecule has 0 aliphatic heterocycles. The maximum Gasteiger partial charge on any atom is 0.387 e. The number of ether oxygens (including phenoxy) is 2. The molecule has 0 bridgehead atoms. The van der Waals surface area contributed by atoms with Crippen molar-refractivity contribution < 1.29 is 32.7 Å². The van der Waals surface area contributed by atoms with Crippen LogP contribution in [0.2, 0.25) is 0 Å². The van der Waals surface area contributed by atoms with E-state index < -0.39 is 6.61 Å². The third-order valence-corrected chi connectivity index (χ3v) is 3.99. The highest BCUT2D eigenvalue weighted by Gasteiger charge is 2.15. The van der Waals surface area contributed by atoms with Crippen molar-refractivity contribution in [2.24, 2.45) is 0 Å². The molecule has 8 heteroatoms. The fourth-order valence-electron chi connectivity index (χ4n) is 2.69. The maximum absolute atomic E-state index is 12.4. The number of nitrogens with one attached hydrogen (secondary N) is 2. The molecule has 0 aromatic heterocycles. The first-order chi connectivity index (χ1) is 13.3. The maximum atomic E-state index is 12.4. The number of carbonyl (C=O) groups excluding carboxylic acids is 2. The van der Waals surface area contributed by atoms with Gasteiger partial charge in [0.15, 0.2) is 23.8 Å². The van der Waals surface area contributed by atoms with Gasteiger partial charge in [-0.3, -0.25) is 9.59 Å². The topological polar surface area (TPSA) is 69.1 Å². The molecule has 0 fully saturated rings. The number of hydrogen-bond donors (Lipinski definition) is 2. The van der Waals surface area contributed by atoms with E-state index in [1.165, 1.54) is 20.1 Å². The van der Waals surface area contributed by atoms with Gasteiger partial charge in [0.1, 0.15) is 6.54 Å². The van der Waals surface area contributed by atoms with Crippen molar-refractivity contribution in [2.75, 3.05) is 26.0 Å². The Morgan fingerprint density at radius 1 is 1.11 bits per heavy atom. The lowest BCUT2D eigenvalue weighted by molar-refractivity contribution is -0.885. The number of methoxy groups -OCH3 is 1. The Labute approximate surface area is 162 Å². The summed E-state index contributed by atoms with van der Waals surface area (Å²) in [4.78, 5) is 24.4. The second-order valence-corrected chi connectivity index (χ2v) is 6.36. The predicted molar refractivity (Wildman–Crippen MR) is 100 cm³/mol.